The van der Waals surface area contributed by atoms with Crippen LogP contribution < -0.4 is 4.90 Å². The van der Waals surface area contributed by atoms with Crippen LogP contribution in [-0.4, -0.2) is 17.7 Å². The van der Waals surface area contributed by atoms with Crippen molar-refractivity contribution in [1.29, 1.82) is 0 Å². The van der Waals surface area contributed by atoms with Gasteiger partial charge in [-0.15, -0.1) is 0 Å². The zero-order valence-corrected chi connectivity index (χ0v) is 11.4. The highest BCUT2D eigenvalue weighted by atomic mass is 19.1. The summed E-state index contributed by atoms with van der Waals surface area (Å²) >= 11 is 0. The lowest BCUT2D eigenvalue weighted by molar-refractivity contribution is 0.198. The van der Waals surface area contributed by atoms with Crippen LogP contribution in [0.25, 0.3) is 0 Å². The third-order valence-electron chi connectivity index (χ3n) is 3.89. The molecule has 0 saturated carbocycles. The molecule has 1 heterocycles. The smallest absolute Gasteiger partial charge is 0.146 e. The molecule has 0 radical (unpaired) electrons. The molecule has 0 bridgehead atoms. The van der Waals surface area contributed by atoms with E-state index < -0.39 is 6.10 Å². The molecule has 1 aromatic rings. The molecule has 1 saturated heterocycles. The summed E-state index contributed by atoms with van der Waals surface area (Å²) in [5.74, 6) is 0.466. The molecule has 3 heteroatoms. The number of aliphatic hydroxyl groups excluding tert-OH is 1. The first-order valence-corrected chi connectivity index (χ1v) is 6.73. The number of hydrogen-bond acceptors (Lipinski definition) is 2. The summed E-state index contributed by atoms with van der Waals surface area (Å²) in [5, 5.41) is 9.80. The van der Waals surface area contributed by atoms with Gasteiger partial charge in [0.15, 0.2) is 0 Å². The zero-order valence-electron chi connectivity index (χ0n) is 11.4. The Morgan fingerprint density at radius 3 is 2.72 bits per heavy atom. The van der Waals surface area contributed by atoms with Gasteiger partial charge in [-0.05, 0) is 38.7 Å². The molecule has 1 aromatic carbocycles. The average Bonchev–Trinajstić information content (AvgIpc) is 2.29. The van der Waals surface area contributed by atoms with Crippen LogP contribution in [0.1, 0.15) is 45.3 Å². The van der Waals surface area contributed by atoms with Gasteiger partial charge in [-0.2, -0.15) is 0 Å². The van der Waals surface area contributed by atoms with Gasteiger partial charge in [0, 0.05) is 18.2 Å². The number of hydrogen-bond donors (Lipinski definition) is 1. The number of rotatable bonds is 2. The van der Waals surface area contributed by atoms with Gasteiger partial charge in [-0.1, -0.05) is 19.1 Å². The van der Waals surface area contributed by atoms with Crippen molar-refractivity contribution in [2.75, 3.05) is 11.4 Å². The van der Waals surface area contributed by atoms with Gasteiger partial charge in [-0.3, -0.25) is 0 Å². The van der Waals surface area contributed by atoms with Crippen molar-refractivity contribution in [3.05, 3.63) is 29.6 Å². The Kier molecular flexibility index (Phi) is 3.91. The van der Waals surface area contributed by atoms with Gasteiger partial charge in [-0.25, -0.2) is 4.39 Å². The number of benzene rings is 1. The molecular weight excluding hydrogens is 229 g/mol. The van der Waals surface area contributed by atoms with Crippen molar-refractivity contribution in [2.45, 2.75) is 45.8 Å². The molecule has 0 aromatic heterocycles. The highest BCUT2D eigenvalue weighted by molar-refractivity contribution is 5.56. The maximum Gasteiger partial charge on any atom is 0.146 e. The van der Waals surface area contributed by atoms with Crippen molar-refractivity contribution in [3.63, 3.8) is 0 Å². The molecule has 1 aliphatic rings. The number of nitrogens with zero attached hydrogens (tertiary/aromatic N) is 1. The summed E-state index contributed by atoms with van der Waals surface area (Å²) in [6.07, 6.45) is 1.52. The molecule has 100 valence electrons. The lowest BCUT2D eigenvalue weighted by Gasteiger charge is -2.39. The molecule has 3 atom stereocenters. The molecular formula is C15H22FNO. The maximum atomic E-state index is 14.1. The molecule has 0 amide bonds. The Hall–Kier alpha value is -1.09. The normalized spacial score (nSPS) is 26.2. The van der Waals surface area contributed by atoms with Crippen LogP contribution in [0.3, 0.4) is 0 Å². The molecule has 0 aliphatic carbocycles. The quantitative estimate of drug-likeness (QED) is 0.869. The van der Waals surface area contributed by atoms with E-state index in [2.05, 4.69) is 18.7 Å². The van der Waals surface area contributed by atoms with E-state index >= 15 is 0 Å². The van der Waals surface area contributed by atoms with Crippen molar-refractivity contribution in [2.24, 2.45) is 5.92 Å². The summed E-state index contributed by atoms with van der Waals surface area (Å²) < 4.78 is 14.1. The fourth-order valence-electron chi connectivity index (χ4n) is 2.91. The monoisotopic (exact) mass is 251 g/mol. The van der Waals surface area contributed by atoms with Crippen LogP contribution >= 0.6 is 0 Å². The molecule has 1 N–H and O–H groups in total. The minimum Gasteiger partial charge on any atom is -0.389 e. The molecule has 0 spiro atoms. The molecule has 1 fully saturated rings. The Bertz CT molecular complexity index is 419. The van der Waals surface area contributed by atoms with Gasteiger partial charge < -0.3 is 10.0 Å². The third-order valence-corrected chi connectivity index (χ3v) is 3.89. The second-order valence-electron chi connectivity index (χ2n) is 5.53. The Morgan fingerprint density at radius 1 is 1.39 bits per heavy atom. The highest BCUT2D eigenvalue weighted by Gasteiger charge is 2.27. The summed E-state index contributed by atoms with van der Waals surface area (Å²) in [7, 11) is 0. The minimum atomic E-state index is -0.637. The number of aliphatic hydroxyl groups is 1. The van der Waals surface area contributed by atoms with E-state index in [1.54, 1.807) is 13.0 Å². The van der Waals surface area contributed by atoms with Gasteiger partial charge in [0.25, 0.3) is 0 Å². The molecule has 1 aliphatic heterocycles. The Morgan fingerprint density at radius 2 is 2.11 bits per heavy atom. The number of para-hydroxylation sites is 1. The second kappa shape index (κ2) is 5.27. The van der Waals surface area contributed by atoms with Gasteiger partial charge in [0.2, 0.25) is 0 Å². The van der Waals surface area contributed by atoms with E-state index in [9.17, 15) is 9.50 Å². The van der Waals surface area contributed by atoms with Crippen molar-refractivity contribution in [3.8, 4) is 0 Å². The van der Waals surface area contributed by atoms with Crippen LogP contribution in [0.4, 0.5) is 10.1 Å². The lowest BCUT2D eigenvalue weighted by atomic mass is 9.92. The Labute approximate surface area is 108 Å². The highest BCUT2D eigenvalue weighted by Crippen LogP contribution is 2.34. The van der Waals surface area contributed by atoms with E-state index in [0.717, 1.165) is 19.4 Å². The first kappa shape index (κ1) is 13.3. The number of anilines is 1. The van der Waals surface area contributed by atoms with E-state index in [-0.39, 0.29) is 5.82 Å². The van der Waals surface area contributed by atoms with E-state index in [1.807, 2.05) is 6.07 Å². The van der Waals surface area contributed by atoms with E-state index in [1.165, 1.54) is 6.07 Å². The molecule has 2 unspecified atom stereocenters. The predicted octanol–water partition coefficient (Wildman–Crippen LogP) is 3.50. The number of halogens is 1. The maximum absolute atomic E-state index is 14.1. The molecule has 2 nitrogen and oxygen atoms in total. The van der Waals surface area contributed by atoms with E-state index in [4.69, 9.17) is 0 Å². The second-order valence-corrected chi connectivity index (χ2v) is 5.53. The average molecular weight is 251 g/mol. The standard InChI is InChI=1S/C15H22FNO/c1-10-7-8-17(11(2)9-10)15-13(12(3)18)5-4-6-14(15)16/h4-6,10-12,18H,7-9H2,1-3H3/t10?,11?,12-/m0/s1. The zero-order chi connectivity index (χ0) is 13.3. The molecule has 18 heavy (non-hydrogen) atoms. The number of piperidine rings is 1. The fraction of sp³-hybridized carbons (Fsp3) is 0.600. The van der Waals surface area contributed by atoms with Crippen LogP contribution in [0.2, 0.25) is 0 Å². The summed E-state index contributed by atoms with van der Waals surface area (Å²) in [4.78, 5) is 2.11. The van der Waals surface area contributed by atoms with Gasteiger partial charge >= 0.3 is 0 Å². The lowest BCUT2D eigenvalue weighted by Crippen LogP contribution is -2.41. The largest absolute Gasteiger partial charge is 0.389 e. The molecule has 2 rings (SSSR count). The van der Waals surface area contributed by atoms with Crippen molar-refractivity contribution in [1.82, 2.24) is 0 Å². The summed E-state index contributed by atoms with van der Waals surface area (Å²) in [6.45, 7) is 6.93. The first-order chi connectivity index (χ1) is 8.50. The van der Waals surface area contributed by atoms with Gasteiger partial charge in [0.05, 0.1) is 11.8 Å². The van der Waals surface area contributed by atoms with Gasteiger partial charge in [0.1, 0.15) is 5.82 Å². The topological polar surface area (TPSA) is 23.5 Å². The van der Waals surface area contributed by atoms with Crippen molar-refractivity contribution < 1.29 is 9.50 Å². The SMILES string of the molecule is CC1CCN(c2c(F)cccc2[C@H](C)O)C(C)C1. The minimum absolute atomic E-state index is 0.227. The van der Waals surface area contributed by atoms with E-state index in [0.29, 0.717) is 23.2 Å². The van der Waals surface area contributed by atoms with Crippen LogP contribution in [0, 0.1) is 11.7 Å². The van der Waals surface area contributed by atoms with Crippen molar-refractivity contribution >= 4 is 5.69 Å². The summed E-state index contributed by atoms with van der Waals surface area (Å²) in [6, 6.07) is 5.28. The predicted molar refractivity (Wildman–Crippen MR) is 72.2 cm³/mol. The van der Waals surface area contributed by atoms with Crippen LogP contribution in [-0.2, 0) is 0 Å². The fourth-order valence-corrected chi connectivity index (χ4v) is 2.91. The van der Waals surface area contributed by atoms with Crippen LogP contribution in [0.15, 0.2) is 18.2 Å². The summed E-state index contributed by atoms with van der Waals surface area (Å²) in [5.41, 5.74) is 1.28. The Balaban J connectivity index is 2.38. The van der Waals surface area contributed by atoms with Crippen LogP contribution in [0.5, 0.6) is 0 Å². The third kappa shape index (κ3) is 2.51. The first-order valence-electron chi connectivity index (χ1n) is 6.73.